The molecule has 2 aromatic heterocycles. The van der Waals surface area contributed by atoms with Crippen LogP contribution in [0.3, 0.4) is 0 Å². The van der Waals surface area contributed by atoms with Gasteiger partial charge in [0.05, 0.1) is 0 Å². The average Bonchev–Trinajstić information content (AvgIpc) is 3.49. The van der Waals surface area contributed by atoms with Crippen molar-refractivity contribution < 1.29 is 23.6 Å². The molecule has 4 amide bonds. The molecule has 2 bridgehead atoms. The van der Waals surface area contributed by atoms with Crippen LogP contribution in [-0.4, -0.2) is 51.8 Å². The molecule has 3 aromatic rings. The van der Waals surface area contributed by atoms with Gasteiger partial charge in [0.15, 0.2) is 5.69 Å². The molecule has 12 nitrogen and oxygen atoms in total. The summed E-state index contributed by atoms with van der Waals surface area (Å²) in [5.74, 6) is -2.12. The lowest BCUT2D eigenvalue weighted by molar-refractivity contribution is -0.131. The SMILES string of the molecule is CCn1ccc(C(=O)N[C@H]2CCCCNC(=O)c3coc(n3)[C@@H](Cc3ccccc3)NC(=O)[C@H](C(C)C)NC2=O)cc1=O. The van der Waals surface area contributed by atoms with E-state index in [-0.39, 0.29) is 35.0 Å². The summed E-state index contributed by atoms with van der Waals surface area (Å²) in [5.41, 5.74) is 0.810. The zero-order valence-electron chi connectivity index (χ0n) is 24.6. The molecule has 0 saturated heterocycles. The largest absolute Gasteiger partial charge is 0.446 e. The van der Waals surface area contributed by atoms with Crippen molar-refractivity contribution in [2.24, 2.45) is 5.92 Å². The van der Waals surface area contributed by atoms with Crippen molar-refractivity contribution in [1.29, 1.82) is 0 Å². The van der Waals surface area contributed by atoms with Crippen LogP contribution in [0.4, 0.5) is 0 Å². The van der Waals surface area contributed by atoms with Gasteiger partial charge in [0.25, 0.3) is 17.4 Å². The van der Waals surface area contributed by atoms with E-state index in [0.29, 0.717) is 32.4 Å². The van der Waals surface area contributed by atoms with Gasteiger partial charge in [0, 0.05) is 37.3 Å². The lowest BCUT2D eigenvalue weighted by atomic mass is 10.00. The maximum atomic E-state index is 13.6. The van der Waals surface area contributed by atoms with Crippen LogP contribution in [0, 0.1) is 5.92 Å². The van der Waals surface area contributed by atoms with Crippen molar-refractivity contribution >= 4 is 23.6 Å². The van der Waals surface area contributed by atoms with Gasteiger partial charge in [0.2, 0.25) is 17.7 Å². The molecule has 4 N–H and O–H groups in total. The van der Waals surface area contributed by atoms with E-state index >= 15 is 0 Å². The highest BCUT2D eigenvalue weighted by Gasteiger charge is 2.32. The molecule has 1 aliphatic rings. The monoisotopic (exact) mass is 590 g/mol. The van der Waals surface area contributed by atoms with Crippen LogP contribution >= 0.6 is 0 Å². The van der Waals surface area contributed by atoms with Crippen LogP contribution in [0.5, 0.6) is 0 Å². The van der Waals surface area contributed by atoms with Gasteiger partial charge in [-0.3, -0.25) is 24.0 Å². The van der Waals surface area contributed by atoms with Crippen molar-refractivity contribution in [2.75, 3.05) is 6.54 Å². The van der Waals surface area contributed by atoms with Crippen molar-refractivity contribution in [3.63, 3.8) is 0 Å². The third-order valence-corrected chi connectivity index (χ3v) is 7.32. The van der Waals surface area contributed by atoms with E-state index in [2.05, 4.69) is 26.3 Å². The molecule has 43 heavy (non-hydrogen) atoms. The Hall–Kier alpha value is -4.74. The number of nitrogens with zero attached hydrogens (tertiary/aromatic N) is 2. The molecular weight excluding hydrogens is 552 g/mol. The summed E-state index contributed by atoms with van der Waals surface area (Å²) in [6.45, 7) is 6.21. The third-order valence-electron chi connectivity index (χ3n) is 7.32. The number of hydrogen-bond acceptors (Lipinski definition) is 7. The summed E-state index contributed by atoms with van der Waals surface area (Å²) in [6, 6.07) is 9.55. The normalized spacial score (nSPS) is 20.2. The van der Waals surface area contributed by atoms with Crippen molar-refractivity contribution in [2.45, 2.75) is 71.1 Å². The van der Waals surface area contributed by atoms with Crippen LogP contribution in [0.2, 0.25) is 0 Å². The first-order valence-corrected chi connectivity index (χ1v) is 14.6. The predicted octanol–water partition coefficient (Wildman–Crippen LogP) is 2.11. The van der Waals surface area contributed by atoms with Crippen LogP contribution in [-0.2, 0) is 22.6 Å². The topological polar surface area (TPSA) is 164 Å². The molecule has 4 rings (SSSR count). The van der Waals surface area contributed by atoms with E-state index in [1.54, 1.807) is 13.8 Å². The Morgan fingerprint density at radius 3 is 2.53 bits per heavy atom. The molecule has 1 aliphatic heterocycles. The highest BCUT2D eigenvalue weighted by molar-refractivity contribution is 5.98. The zero-order valence-corrected chi connectivity index (χ0v) is 24.6. The molecular formula is C31H38N6O6. The fourth-order valence-corrected chi connectivity index (χ4v) is 4.84. The number of hydrogen-bond donors (Lipinski definition) is 4. The summed E-state index contributed by atoms with van der Waals surface area (Å²) >= 11 is 0. The lowest BCUT2D eigenvalue weighted by Crippen LogP contribution is -2.56. The predicted molar refractivity (Wildman–Crippen MR) is 158 cm³/mol. The van der Waals surface area contributed by atoms with Crippen LogP contribution < -0.4 is 26.8 Å². The number of pyridine rings is 1. The Morgan fingerprint density at radius 1 is 1.07 bits per heavy atom. The third kappa shape index (κ3) is 8.18. The van der Waals surface area contributed by atoms with Crippen molar-refractivity contribution in [1.82, 2.24) is 30.8 Å². The van der Waals surface area contributed by atoms with Gasteiger partial charge in [-0.2, -0.15) is 0 Å². The number of carbonyl (C=O) groups is 4. The fourth-order valence-electron chi connectivity index (χ4n) is 4.84. The van der Waals surface area contributed by atoms with Gasteiger partial charge in [-0.1, -0.05) is 44.2 Å². The maximum absolute atomic E-state index is 13.6. The van der Waals surface area contributed by atoms with E-state index in [4.69, 9.17) is 4.42 Å². The van der Waals surface area contributed by atoms with Crippen molar-refractivity contribution in [3.8, 4) is 0 Å². The number of benzene rings is 1. The number of rotatable bonds is 6. The zero-order chi connectivity index (χ0) is 30.9. The highest BCUT2D eigenvalue weighted by Crippen LogP contribution is 2.20. The number of aryl methyl sites for hydroxylation is 1. The summed E-state index contributed by atoms with van der Waals surface area (Å²) < 4.78 is 7.10. The Bertz CT molecular complexity index is 1500. The second-order valence-corrected chi connectivity index (χ2v) is 10.9. The van der Waals surface area contributed by atoms with Crippen molar-refractivity contribution in [3.05, 3.63) is 88.0 Å². The Kier molecular flexibility index (Phi) is 10.5. The molecule has 0 fully saturated rings. The molecule has 0 spiro atoms. The first-order chi connectivity index (χ1) is 20.7. The first kappa shape index (κ1) is 31.2. The molecule has 0 saturated carbocycles. The molecule has 3 atom stereocenters. The maximum Gasteiger partial charge on any atom is 0.273 e. The van der Waals surface area contributed by atoms with Gasteiger partial charge in [-0.25, -0.2) is 4.98 Å². The Balaban J connectivity index is 1.60. The average molecular weight is 591 g/mol. The minimum atomic E-state index is -0.981. The molecule has 3 heterocycles. The van der Waals surface area contributed by atoms with Gasteiger partial charge in [-0.05, 0) is 43.7 Å². The molecule has 228 valence electrons. The van der Waals surface area contributed by atoms with Crippen LogP contribution in [0.1, 0.15) is 78.4 Å². The number of carbonyl (C=O) groups excluding carboxylic acids is 4. The van der Waals surface area contributed by atoms with Gasteiger partial charge in [0.1, 0.15) is 24.4 Å². The van der Waals surface area contributed by atoms with Crippen LogP contribution in [0.15, 0.2) is 64.1 Å². The fraction of sp³-hybridized carbons (Fsp3) is 0.419. The lowest BCUT2D eigenvalue weighted by Gasteiger charge is -2.27. The quantitative estimate of drug-likeness (QED) is 0.341. The minimum Gasteiger partial charge on any atom is -0.446 e. The van der Waals surface area contributed by atoms with E-state index in [9.17, 15) is 24.0 Å². The minimum absolute atomic E-state index is 0.0956. The Labute approximate surface area is 249 Å². The highest BCUT2D eigenvalue weighted by atomic mass is 16.3. The second-order valence-electron chi connectivity index (χ2n) is 10.9. The summed E-state index contributed by atoms with van der Waals surface area (Å²) in [5, 5.41) is 11.3. The summed E-state index contributed by atoms with van der Waals surface area (Å²) in [6.07, 6.45) is 4.38. The second kappa shape index (κ2) is 14.4. The number of oxazole rings is 1. The molecule has 0 aliphatic carbocycles. The van der Waals surface area contributed by atoms with Gasteiger partial charge >= 0.3 is 0 Å². The number of amides is 4. The smallest absolute Gasteiger partial charge is 0.273 e. The number of fused-ring (bicyclic) bond motifs is 2. The van der Waals surface area contributed by atoms with Crippen LogP contribution in [0.25, 0.3) is 0 Å². The molecule has 0 unspecified atom stereocenters. The van der Waals surface area contributed by atoms with Gasteiger partial charge < -0.3 is 30.3 Å². The number of nitrogens with one attached hydrogen (secondary N) is 4. The number of aromatic nitrogens is 2. The Morgan fingerprint density at radius 2 is 1.84 bits per heavy atom. The first-order valence-electron chi connectivity index (χ1n) is 14.6. The molecule has 1 aromatic carbocycles. The standard InChI is InChI=1S/C31H38N6O6/c1-4-37-15-13-21(17-25(37)38)27(39)33-22-12-8-9-14-32-28(40)24-18-43-31(35-24)23(16-20-10-6-5-7-11-20)34-30(42)26(19(2)3)36-29(22)41/h5-7,10-11,13,15,17-19,22-23,26H,4,8-9,12,14,16H2,1-3H3,(H,32,40)(H,33,39)(H,34,42)(H,36,41)/t22-,23+,26-/m0/s1. The molecule has 0 radical (unpaired) electrons. The van der Waals surface area contributed by atoms with E-state index < -0.39 is 41.8 Å². The van der Waals surface area contributed by atoms with Gasteiger partial charge in [-0.15, -0.1) is 0 Å². The summed E-state index contributed by atoms with van der Waals surface area (Å²) in [4.78, 5) is 69.6. The van der Waals surface area contributed by atoms with E-state index in [0.717, 1.165) is 5.56 Å². The summed E-state index contributed by atoms with van der Waals surface area (Å²) in [7, 11) is 0. The van der Waals surface area contributed by atoms with E-state index in [1.807, 2.05) is 37.3 Å². The van der Waals surface area contributed by atoms with E-state index in [1.165, 1.54) is 29.2 Å². The molecule has 12 heteroatoms.